The van der Waals surface area contributed by atoms with Crippen molar-refractivity contribution in [3.63, 3.8) is 0 Å². The van der Waals surface area contributed by atoms with E-state index in [9.17, 15) is 14.7 Å². The summed E-state index contributed by atoms with van der Waals surface area (Å²) in [5.74, 6) is -1.31. The van der Waals surface area contributed by atoms with E-state index in [1.807, 2.05) is 0 Å². The Kier molecular flexibility index (Phi) is 6.75. The Bertz CT molecular complexity index is 355. The van der Waals surface area contributed by atoms with Crippen LogP contribution >= 0.6 is 0 Å². The number of aliphatic carboxylic acids is 1. The van der Waals surface area contributed by atoms with Gasteiger partial charge in [-0.3, -0.25) is 0 Å². The van der Waals surface area contributed by atoms with Gasteiger partial charge in [0.2, 0.25) is 0 Å². The predicted octanol–water partition coefficient (Wildman–Crippen LogP) is 1.93. The van der Waals surface area contributed by atoms with E-state index >= 15 is 0 Å². The second kappa shape index (κ2) is 7.62. The molecule has 0 saturated heterocycles. The normalized spacial score (nSPS) is 27.7. The molecule has 5 nitrogen and oxygen atoms in total. The second-order valence-corrected chi connectivity index (χ2v) is 15.3. The van der Waals surface area contributed by atoms with Gasteiger partial charge in [0.1, 0.15) is 0 Å². The van der Waals surface area contributed by atoms with Crippen LogP contribution in [0.2, 0.25) is 30.4 Å². The van der Waals surface area contributed by atoms with Gasteiger partial charge in [0.05, 0.1) is 0 Å². The molecule has 116 valence electrons. The molecule has 1 saturated carbocycles. The fourth-order valence-corrected chi connectivity index (χ4v) is 5.26. The van der Waals surface area contributed by atoms with E-state index in [2.05, 4.69) is 19.6 Å². The van der Waals surface area contributed by atoms with Crippen molar-refractivity contribution < 1.29 is 24.5 Å². The molecule has 20 heavy (non-hydrogen) atoms. The summed E-state index contributed by atoms with van der Waals surface area (Å²) in [5.41, 5.74) is 0. The molecular weight excluding hydrogens is 339 g/mol. The molecule has 1 aliphatic carbocycles. The Morgan fingerprint density at radius 3 is 2.45 bits per heavy atom. The quantitative estimate of drug-likeness (QED) is 0.704. The Morgan fingerprint density at radius 2 is 1.95 bits per heavy atom. The zero-order chi connectivity index (χ0) is 15.3. The first kappa shape index (κ1) is 17.7. The summed E-state index contributed by atoms with van der Waals surface area (Å²) in [7, 11) is -1.19. The van der Waals surface area contributed by atoms with Crippen LogP contribution in [0.4, 0.5) is 4.79 Å². The van der Waals surface area contributed by atoms with Crippen LogP contribution in [0.1, 0.15) is 19.3 Å². The van der Waals surface area contributed by atoms with Gasteiger partial charge in [-0.25, -0.2) is 0 Å². The van der Waals surface area contributed by atoms with Crippen LogP contribution in [-0.2, 0) is 9.53 Å². The van der Waals surface area contributed by atoms with E-state index in [1.165, 1.54) is 0 Å². The summed E-state index contributed by atoms with van der Waals surface area (Å²) in [6.45, 7) is 7.18. The standard InChI is InChI=1S/C13H25AsO5Si/c1-20(2,3)7-6-19-13(18)14-10-5-4-9(12(16)17)8-11(10)15/h9-11,14-15H,4-8H2,1-3H3,(H,16,17). The number of ether oxygens (including phenoxy) is 1. The van der Waals surface area contributed by atoms with E-state index in [1.54, 1.807) is 0 Å². The van der Waals surface area contributed by atoms with E-state index in [0.29, 0.717) is 19.4 Å². The number of rotatable bonds is 6. The number of carbonyl (C=O) groups excluding carboxylic acids is 1. The van der Waals surface area contributed by atoms with Gasteiger partial charge in [0.15, 0.2) is 0 Å². The van der Waals surface area contributed by atoms with E-state index in [4.69, 9.17) is 9.84 Å². The van der Waals surface area contributed by atoms with Gasteiger partial charge in [0.25, 0.3) is 0 Å². The molecule has 1 aliphatic rings. The summed E-state index contributed by atoms with van der Waals surface area (Å²) >= 11 is -1.02. The van der Waals surface area contributed by atoms with Crippen molar-refractivity contribution in [2.45, 2.75) is 55.8 Å². The van der Waals surface area contributed by atoms with Gasteiger partial charge >= 0.3 is 127 Å². The third-order valence-corrected chi connectivity index (χ3v) is 8.25. The predicted molar refractivity (Wildman–Crippen MR) is 81.4 cm³/mol. The first-order valence-corrected chi connectivity index (χ1v) is 13.0. The van der Waals surface area contributed by atoms with Gasteiger partial charge in [-0.1, -0.05) is 0 Å². The Hall–Kier alpha value is -0.325. The molecule has 4 unspecified atom stereocenters. The number of hydrogen-bond donors (Lipinski definition) is 2. The van der Waals surface area contributed by atoms with Crippen LogP contribution < -0.4 is 0 Å². The summed E-state index contributed by atoms with van der Waals surface area (Å²) in [6, 6.07) is 0.958. The van der Waals surface area contributed by atoms with Crippen LogP contribution in [0, 0.1) is 5.92 Å². The zero-order valence-electron chi connectivity index (χ0n) is 12.4. The molecule has 0 aromatic rings. The molecule has 0 radical (unpaired) electrons. The van der Waals surface area contributed by atoms with Gasteiger partial charge in [-0.05, 0) is 0 Å². The van der Waals surface area contributed by atoms with E-state index < -0.39 is 41.8 Å². The summed E-state index contributed by atoms with van der Waals surface area (Å²) in [6.07, 6.45) is 0.796. The van der Waals surface area contributed by atoms with Crippen LogP contribution in [0.5, 0.6) is 0 Å². The number of carboxylic acid groups (broad SMARTS) is 1. The topological polar surface area (TPSA) is 83.8 Å². The van der Waals surface area contributed by atoms with Crippen LogP contribution in [0.3, 0.4) is 0 Å². The zero-order valence-corrected chi connectivity index (χ0v) is 15.5. The van der Waals surface area contributed by atoms with Crippen LogP contribution in [-0.4, -0.2) is 57.5 Å². The molecule has 1 rings (SSSR count). The molecule has 0 aromatic heterocycles. The molecule has 0 spiro atoms. The second-order valence-electron chi connectivity index (χ2n) is 6.61. The van der Waals surface area contributed by atoms with Gasteiger partial charge in [0, 0.05) is 0 Å². The Morgan fingerprint density at radius 1 is 1.30 bits per heavy atom. The average molecular weight is 364 g/mol. The third kappa shape index (κ3) is 6.42. The number of carbonyl (C=O) groups is 2. The molecule has 4 atom stereocenters. The fraction of sp³-hybridized carbons (Fsp3) is 0.846. The molecule has 1 fully saturated rings. The maximum absolute atomic E-state index is 11.8. The summed E-state index contributed by atoms with van der Waals surface area (Å²) in [5, 5.41) is 18.9. The van der Waals surface area contributed by atoms with Crippen molar-refractivity contribution in [1.82, 2.24) is 0 Å². The van der Waals surface area contributed by atoms with Crippen molar-refractivity contribution in [2.24, 2.45) is 5.92 Å². The maximum atomic E-state index is 11.8. The van der Waals surface area contributed by atoms with Crippen molar-refractivity contribution in [3.05, 3.63) is 0 Å². The van der Waals surface area contributed by atoms with Crippen LogP contribution in [0.15, 0.2) is 0 Å². The number of aliphatic hydroxyl groups is 1. The monoisotopic (exact) mass is 364 g/mol. The Labute approximate surface area is 127 Å². The minimum absolute atomic E-state index is 0.0371. The molecule has 0 amide bonds. The SMILES string of the molecule is C[Si](C)(C)CCOC(=O)[AsH]C1CCC(C(=O)O)CC1O. The third-order valence-electron chi connectivity index (χ3n) is 3.55. The van der Waals surface area contributed by atoms with E-state index in [0.717, 1.165) is 6.04 Å². The first-order chi connectivity index (χ1) is 9.19. The van der Waals surface area contributed by atoms with Crippen molar-refractivity contribution in [3.8, 4) is 0 Å². The molecule has 0 bridgehead atoms. The molecule has 7 heteroatoms. The fourth-order valence-electron chi connectivity index (χ4n) is 2.18. The number of hydrogen-bond acceptors (Lipinski definition) is 4. The summed E-state index contributed by atoms with van der Waals surface area (Å²) in [4.78, 5) is 22.7. The molecule has 0 aliphatic heterocycles. The van der Waals surface area contributed by atoms with Gasteiger partial charge < -0.3 is 0 Å². The van der Waals surface area contributed by atoms with E-state index in [-0.39, 0.29) is 15.9 Å². The number of aliphatic hydroxyl groups excluding tert-OH is 1. The van der Waals surface area contributed by atoms with Gasteiger partial charge in [-0.2, -0.15) is 0 Å². The first-order valence-electron chi connectivity index (χ1n) is 7.03. The van der Waals surface area contributed by atoms with Crippen molar-refractivity contribution in [1.29, 1.82) is 0 Å². The summed E-state index contributed by atoms with van der Waals surface area (Å²) < 4.78 is 5.08. The van der Waals surface area contributed by atoms with Crippen molar-refractivity contribution >= 4 is 34.6 Å². The average Bonchev–Trinajstić information content (AvgIpc) is 2.29. The van der Waals surface area contributed by atoms with Crippen molar-refractivity contribution in [2.75, 3.05) is 6.61 Å². The molecule has 2 N–H and O–H groups in total. The molecular formula is C13H25AsO5Si. The molecule has 0 heterocycles. The number of carboxylic acids is 1. The van der Waals surface area contributed by atoms with Gasteiger partial charge in [-0.15, -0.1) is 0 Å². The van der Waals surface area contributed by atoms with Crippen LogP contribution in [0.25, 0.3) is 0 Å². The molecule has 0 aromatic carbocycles. The Balaban J connectivity index is 2.31. The minimum atomic E-state index is -1.19.